The highest BCUT2D eigenvalue weighted by atomic mass is 19.3. The minimum absolute atomic E-state index is 0.0318. The highest BCUT2D eigenvalue weighted by Gasteiger charge is 2.17. The van der Waals surface area contributed by atoms with Crippen LogP contribution in [0.5, 0.6) is 17.2 Å². The summed E-state index contributed by atoms with van der Waals surface area (Å²) in [5.41, 5.74) is 0.817. The van der Waals surface area contributed by atoms with Crippen molar-refractivity contribution in [3.8, 4) is 17.2 Å². The van der Waals surface area contributed by atoms with Gasteiger partial charge in [-0.1, -0.05) is 0 Å². The molecule has 0 fully saturated rings. The van der Waals surface area contributed by atoms with Crippen molar-refractivity contribution < 1.29 is 42.1 Å². The predicted molar refractivity (Wildman–Crippen MR) is 100 cm³/mol. The SMILES string of the molecule is COc1cc(C(=O)OCC(=O)NC(=O)c2ccc(OC(F)F)cc2)cc(OC)c1C. The summed E-state index contributed by atoms with van der Waals surface area (Å²) >= 11 is 0. The molecule has 0 bridgehead atoms. The molecule has 0 aliphatic rings. The highest BCUT2D eigenvalue weighted by Crippen LogP contribution is 2.29. The van der Waals surface area contributed by atoms with Crippen molar-refractivity contribution in [1.82, 2.24) is 5.32 Å². The van der Waals surface area contributed by atoms with E-state index in [9.17, 15) is 23.2 Å². The fraction of sp³-hybridized carbons (Fsp3) is 0.250. The zero-order valence-corrected chi connectivity index (χ0v) is 16.4. The average Bonchev–Trinajstić information content (AvgIpc) is 2.72. The number of methoxy groups -OCH3 is 2. The van der Waals surface area contributed by atoms with E-state index in [2.05, 4.69) is 4.74 Å². The van der Waals surface area contributed by atoms with Crippen LogP contribution in [0.1, 0.15) is 26.3 Å². The highest BCUT2D eigenvalue weighted by molar-refractivity contribution is 6.05. The number of hydrogen-bond donors (Lipinski definition) is 1. The van der Waals surface area contributed by atoms with Gasteiger partial charge in [0.15, 0.2) is 6.61 Å². The smallest absolute Gasteiger partial charge is 0.387 e. The summed E-state index contributed by atoms with van der Waals surface area (Å²) in [6.45, 7) is -1.96. The van der Waals surface area contributed by atoms with Crippen LogP contribution in [0.2, 0.25) is 0 Å². The van der Waals surface area contributed by atoms with E-state index >= 15 is 0 Å². The number of carbonyl (C=O) groups is 3. The second kappa shape index (κ2) is 10.2. The Labute approximate surface area is 170 Å². The van der Waals surface area contributed by atoms with Crippen molar-refractivity contribution in [2.75, 3.05) is 20.8 Å². The summed E-state index contributed by atoms with van der Waals surface area (Å²) in [7, 11) is 2.87. The Kier molecular flexibility index (Phi) is 7.68. The van der Waals surface area contributed by atoms with Gasteiger partial charge in [0.2, 0.25) is 0 Å². The minimum Gasteiger partial charge on any atom is -0.496 e. The quantitative estimate of drug-likeness (QED) is 0.652. The molecule has 2 aromatic rings. The van der Waals surface area contributed by atoms with Crippen molar-refractivity contribution in [1.29, 1.82) is 0 Å². The summed E-state index contributed by atoms with van der Waals surface area (Å²) in [6.07, 6.45) is 0. The van der Waals surface area contributed by atoms with Gasteiger partial charge in [-0.3, -0.25) is 14.9 Å². The first-order valence-corrected chi connectivity index (χ1v) is 8.54. The van der Waals surface area contributed by atoms with Gasteiger partial charge in [-0.2, -0.15) is 8.78 Å². The molecule has 0 aromatic heterocycles. The molecule has 0 saturated heterocycles. The number of amides is 2. The van der Waals surface area contributed by atoms with Gasteiger partial charge >= 0.3 is 12.6 Å². The Balaban J connectivity index is 1.94. The molecule has 0 radical (unpaired) electrons. The third kappa shape index (κ3) is 5.90. The number of imide groups is 1. The monoisotopic (exact) mass is 423 g/mol. The van der Waals surface area contributed by atoms with Gasteiger partial charge in [-0.15, -0.1) is 0 Å². The van der Waals surface area contributed by atoms with E-state index in [4.69, 9.17) is 14.2 Å². The van der Waals surface area contributed by atoms with Gasteiger partial charge in [0.1, 0.15) is 17.2 Å². The van der Waals surface area contributed by atoms with E-state index in [1.165, 1.54) is 38.5 Å². The lowest BCUT2D eigenvalue weighted by molar-refractivity contribution is -0.123. The molecule has 8 nitrogen and oxygen atoms in total. The lowest BCUT2D eigenvalue weighted by Crippen LogP contribution is -2.34. The van der Waals surface area contributed by atoms with E-state index in [-0.39, 0.29) is 16.9 Å². The number of nitrogens with one attached hydrogen (secondary N) is 1. The van der Waals surface area contributed by atoms with E-state index in [1.807, 2.05) is 5.32 Å². The van der Waals surface area contributed by atoms with Crippen LogP contribution in [0.3, 0.4) is 0 Å². The van der Waals surface area contributed by atoms with Gasteiger partial charge in [0.25, 0.3) is 11.8 Å². The lowest BCUT2D eigenvalue weighted by Gasteiger charge is -2.12. The van der Waals surface area contributed by atoms with Gasteiger partial charge < -0.3 is 18.9 Å². The van der Waals surface area contributed by atoms with Gasteiger partial charge in [-0.05, 0) is 43.3 Å². The van der Waals surface area contributed by atoms with E-state index in [0.717, 1.165) is 12.1 Å². The Hall–Kier alpha value is -3.69. The van der Waals surface area contributed by atoms with Crippen molar-refractivity contribution in [3.05, 3.63) is 53.1 Å². The maximum absolute atomic E-state index is 12.2. The maximum atomic E-state index is 12.2. The van der Waals surface area contributed by atoms with Gasteiger partial charge in [0.05, 0.1) is 19.8 Å². The number of benzene rings is 2. The van der Waals surface area contributed by atoms with Crippen molar-refractivity contribution in [2.45, 2.75) is 13.5 Å². The van der Waals surface area contributed by atoms with E-state index < -0.39 is 31.0 Å². The molecule has 2 amide bonds. The summed E-state index contributed by atoms with van der Waals surface area (Å²) in [5, 5.41) is 2.02. The zero-order valence-electron chi connectivity index (χ0n) is 16.4. The maximum Gasteiger partial charge on any atom is 0.387 e. The van der Waals surface area contributed by atoms with E-state index in [0.29, 0.717) is 17.1 Å². The number of hydrogen-bond acceptors (Lipinski definition) is 7. The molecule has 0 spiro atoms. The molecule has 160 valence electrons. The Morgan fingerprint density at radius 3 is 2.03 bits per heavy atom. The largest absolute Gasteiger partial charge is 0.496 e. The molecule has 0 atom stereocenters. The summed E-state index contributed by atoms with van der Waals surface area (Å²) in [5.74, 6) is -1.81. The molecule has 0 aliphatic heterocycles. The van der Waals surface area contributed by atoms with E-state index in [1.54, 1.807) is 6.92 Å². The predicted octanol–water partition coefficient (Wildman–Crippen LogP) is 2.73. The first-order valence-electron chi connectivity index (χ1n) is 8.54. The molecular formula is C20H19F2NO7. The standard InChI is InChI=1S/C20H19F2NO7/c1-11-15(27-2)8-13(9-16(11)28-3)19(26)29-10-17(24)23-18(25)12-4-6-14(7-5-12)30-20(21)22/h4-9,20H,10H2,1-3H3,(H,23,24,25). The molecule has 2 rings (SSSR count). The van der Waals surface area contributed by atoms with Crippen LogP contribution in [-0.2, 0) is 9.53 Å². The number of halogens is 2. The molecule has 0 heterocycles. The summed E-state index contributed by atoms with van der Waals surface area (Å²) in [6, 6.07) is 7.60. The molecule has 10 heteroatoms. The molecule has 0 unspecified atom stereocenters. The van der Waals surface area contributed by atoms with Crippen molar-refractivity contribution >= 4 is 17.8 Å². The number of ether oxygens (including phenoxy) is 4. The van der Waals surface area contributed by atoms with Crippen LogP contribution >= 0.6 is 0 Å². The molecule has 30 heavy (non-hydrogen) atoms. The lowest BCUT2D eigenvalue weighted by atomic mass is 10.1. The fourth-order valence-corrected chi connectivity index (χ4v) is 2.44. The van der Waals surface area contributed by atoms with Crippen LogP contribution in [0.4, 0.5) is 8.78 Å². The molecule has 0 saturated carbocycles. The molecular weight excluding hydrogens is 404 g/mol. The Morgan fingerprint density at radius 2 is 1.53 bits per heavy atom. The number of alkyl halides is 2. The van der Waals surface area contributed by atoms with Crippen molar-refractivity contribution in [3.63, 3.8) is 0 Å². The number of rotatable bonds is 8. The normalized spacial score (nSPS) is 10.3. The third-order valence-electron chi connectivity index (χ3n) is 3.92. The van der Waals surface area contributed by atoms with Crippen LogP contribution in [0.25, 0.3) is 0 Å². The number of esters is 1. The second-order valence-corrected chi connectivity index (χ2v) is 5.86. The Bertz CT molecular complexity index is 904. The number of carbonyl (C=O) groups excluding carboxylic acids is 3. The molecule has 2 aromatic carbocycles. The Morgan fingerprint density at radius 1 is 0.967 bits per heavy atom. The third-order valence-corrected chi connectivity index (χ3v) is 3.92. The summed E-state index contributed by atoms with van der Waals surface area (Å²) in [4.78, 5) is 36.1. The van der Waals surface area contributed by atoms with Crippen LogP contribution in [0.15, 0.2) is 36.4 Å². The first kappa shape index (κ1) is 22.6. The minimum atomic E-state index is -2.99. The summed E-state index contributed by atoms with van der Waals surface area (Å²) < 4.78 is 43.7. The molecule has 0 aliphatic carbocycles. The fourth-order valence-electron chi connectivity index (χ4n) is 2.44. The molecule has 1 N–H and O–H groups in total. The van der Waals surface area contributed by atoms with Crippen molar-refractivity contribution in [2.24, 2.45) is 0 Å². The van der Waals surface area contributed by atoms with Crippen LogP contribution < -0.4 is 19.5 Å². The zero-order chi connectivity index (χ0) is 22.3. The average molecular weight is 423 g/mol. The first-order chi connectivity index (χ1) is 14.2. The topological polar surface area (TPSA) is 100 Å². The van der Waals surface area contributed by atoms with Crippen LogP contribution in [0, 0.1) is 6.92 Å². The van der Waals surface area contributed by atoms with Crippen LogP contribution in [-0.4, -0.2) is 45.2 Å². The second-order valence-electron chi connectivity index (χ2n) is 5.86. The van der Waals surface area contributed by atoms with Gasteiger partial charge in [0, 0.05) is 11.1 Å². The van der Waals surface area contributed by atoms with Gasteiger partial charge in [-0.25, -0.2) is 4.79 Å².